The fourth-order valence-corrected chi connectivity index (χ4v) is 2.10. The van der Waals surface area contributed by atoms with E-state index in [1.165, 1.54) is 38.5 Å². The molecule has 0 saturated heterocycles. The Morgan fingerprint density at radius 3 is 2.35 bits per heavy atom. The molecular weight excluding hydrogens is 248 g/mol. The number of unbranched alkanes of at least 4 members (excludes halogenated alkanes) is 5. The van der Waals surface area contributed by atoms with E-state index in [4.69, 9.17) is 0 Å². The molecule has 1 rings (SSSR count). The molecule has 0 aromatic carbocycles. The molecule has 114 valence electrons. The van der Waals surface area contributed by atoms with Crippen LogP contribution in [0.25, 0.3) is 0 Å². The van der Waals surface area contributed by atoms with Gasteiger partial charge in [0, 0.05) is 24.8 Å². The summed E-state index contributed by atoms with van der Waals surface area (Å²) in [6, 6.07) is 2.01. The molecule has 0 aliphatic carbocycles. The Kier molecular flexibility index (Phi) is 8.76. The van der Waals surface area contributed by atoms with Crippen LogP contribution >= 0.6 is 0 Å². The molecule has 2 N–H and O–H groups in total. The van der Waals surface area contributed by atoms with Gasteiger partial charge in [-0.3, -0.25) is 0 Å². The smallest absolute Gasteiger partial charge is 0.224 e. The SMILES string of the molecule is CCCCCCCCNc1cc(C)nc(NCCC)n1. The second-order valence-corrected chi connectivity index (χ2v) is 5.34. The van der Waals surface area contributed by atoms with E-state index in [1.807, 2.05) is 13.0 Å². The van der Waals surface area contributed by atoms with E-state index in [2.05, 4.69) is 34.4 Å². The highest BCUT2D eigenvalue weighted by Crippen LogP contribution is 2.10. The molecule has 4 heteroatoms. The average molecular weight is 278 g/mol. The molecule has 0 spiro atoms. The maximum absolute atomic E-state index is 4.48. The van der Waals surface area contributed by atoms with E-state index < -0.39 is 0 Å². The Hall–Kier alpha value is -1.32. The lowest BCUT2D eigenvalue weighted by atomic mass is 10.1. The summed E-state index contributed by atoms with van der Waals surface area (Å²) in [5, 5.41) is 6.64. The Morgan fingerprint density at radius 2 is 1.60 bits per heavy atom. The van der Waals surface area contributed by atoms with Crippen LogP contribution in [-0.4, -0.2) is 23.1 Å². The van der Waals surface area contributed by atoms with Crippen LogP contribution in [0, 0.1) is 6.92 Å². The molecular formula is C16H30N4. The molecule has 0 amide bonds. The first-order chi connectivity index (χ1) is 9.76. The molecule has 0 radical (unpaired) electrons. The number of rotatable bonds is 11. The lowest BCUT2D eigenvalue weighted by Gasteiger charge is -2.09. The molecule has 0 saturated carbocycles. The van der Waals surface area contributed by atoms with Gasteiger partial charge in [-0.15, -0.1) is 0 Å². The van der Waals surface area contributed by atoms with Crippen molar-refractivity contribution >= 4 is 11.8 Å². The van der Waals surface area contributed by atoms with E-state index >= 15 is 0 Å². The number of aromatic nitrogens is 2. The summed E-state index contributed by atoms with van der Waals surface area (Å²) in [6.45, 7) is 8.31. The van der Waals surface area contributed by atoms with Crippen LogP contribution in [0.2, 0.25) is 0 Å². The summed E-state index contributed by atoms with van der Waals surface area (Å²) in [6.07, 6.45) is 8.99. The number of nitrogens with one attached hydrogen (secondary N) is 2. The molecule has 0 atom stereocenters. The molecule has 1 aromatic rings. The van der Waals surface area contributed by atoms with Gasteiger partial charge in [0.2, 0.25) is 5.95 Å². The monoisotopic (exact) mass is 278 g/mol. The zero-order valence-corrected chi connectivity index (χ0v) is 13.3. The van der Waals surface area contributed by atoms with Crippen LogP contribution in [0.3, 0.4) is 0 Å². The van der Waals surface area contributed by atoms with Gasteiger partial charge < -0.3 is 10.6 Å². The van der Waals surface area contributed by atoms with Crippen molar-refractivity contribution in [3.8, 4) is 0 Å². The third-order valence-corrected chi connectivity index (χ3v) is 3.22. The van der Waals surface area contributed by atoms with Gasteiger partial charge in [0.25, 0.3) is 0 Å². The summed E-state index contributed by atoms with van der Waals surface area (Å²) < 4.78 is 0. The first kappa shape index (κ1) is 16.7. The molecule has 1 aromatic heterocycles. The van der Waals surface area contributed by atoms with E-state index in [1.54, 1.807) is 0 Å². The highest BCUT2D eigenvalue weighted by molar-refractivity contribution is 5.41. The predicted octanol–water partition coefficient (Wildman–Crippen LogP) is 4.38. The topological polar surface area (TPSA) is 49.8 Å². The molecule has 1 heterocycles. The molecule has 0 fully saturated rings. The fourth-order valence-electron chi connectivity index (χ4n) is 2.10. The third kappa shape index (κ3) is 7.31. The highest BCUT2D eigenvalue weighted by atomic mass is 15.1. The molecule has 20 heavy (non-hydrogen) atoms. The minimum atomic E-state index is 0.734. The zero-order chi connectivity index (χ0) is 14.6. The van der Waals surface area contributed by atoms with Gasteiger partial charge in [-0.25, -0.2) is 4.98 Å². The van der Waals surface area contributed by atoms with Crippen LogP contribution < -0.4 is 10.6 Å². The van der Waals surface area contributed by atoms with Gasteiger partial charge >= 0.3 is 0 Å². The van der Waals surface area contributed by atoms with Crippen molar-refractivity contribution in [1.82, 2.24) is 9.97 Å². The summed E-state index contributed by atoms with van der Waals surface area (Å²) in [5.74, 6) is 1.67. The lowest BCUT2D eigenvalue weighted by Crippen LogP contribution is -2.09. The van der Waals surface area contributed by atoms with Gasteiger partial charge in [0.05, 0.1) is 0 Å². The van der Waals surface area contributed by atoms with Gasteiger partial charge in [0.15, 0.2) is 0 Å². The summed E-state index contributed by atoms with van der Waals surface area (Å²) >= 11 is 0. The van der Waals surface area contributed by atoms with Crippen LogP contribution in [0.15, 0.2) is 6.07 Å². The van der Waals surface area contributed by atoms with Crippen molar-refractivity contribution in [3.05, 3.63) is 11.8 Å². The first-order valence-electron chi connectivity index (χ1n) is 8.09. The minimum absolute atomic E-state index is 0.734. The first-order valence-corrected chi connectivity index (χ1v) is 8.09. The maximum atomic E-state index is 4.48. The number of anilines is 2. The second-order valence-electron chi connectivity index (χ2n) is 5.34. The van der Waals surface area contributed by atoms with Crippen LogP contribution in [0.4, 0.5) is 11.8 Å². The molecule has 4 nitrogen and oxygen atoms in total. The van der Waals surface area contributed by atoms with E-state index in [9.17, 15) is 0 Å². The highest BCUT2D eigenvalue weighted by Gasteiger charge is 2.01. The van der Waals surface area contributed by atoms with Gasteiger partial charge in [0.1, 0.15) is 5.82 Å². The van der Waals surface area contributed by atoms with Gasteiger partial charge in [-0.2, -0.15) is 4.98 Å². The van der Waals surface area contributed by atoms with Crippen molar-refractivity contribution in [2.45, 2.75) is 65.7 Å². The Morgan fingerprint density at radius 1 is 0.850 bits per heavy atom. The Labute approximate surface area is 123 Å². The van der Waals surface area contributed by atoms with Crippen molar-refractivity contribution in [3.63, 3.8) is 0 Å². The molecule has 0 bridgehead atoms. The number of hydrogen-bond acceptors (Lipinski definition) is 4. The van der Waals surface area contributed by atoms with E-state index in [-0.39, 0.29) is 0 Å². The van der Waals surface area contributed by atoms with Crippen LogP contribution in [0.1, 0.15) is 64.5 Å². The summed E-state index contributed by atoms with van der Waals surface area (Å²) in [4.78, 5) is 8.87. The van der Waals surface area contributed by atoms with Crippen LogP contribution in [-0.2, 0) is 0 Å². The molecule has 0 aliphatic rings. The zero-order valence-electron chi connectivity index (χ0n) is 13.3. The van der Waals surface area contributed by atoms with Crippen molar-refractivity contribution in [1.29, 1.82) is 0 Å². The summed E-state index contributed by atoms with van der Waals surface area (Å²) in [7, 11) is 0. The third-order valence-electron chi connectivity index (χ3n) is 3.22. The number of aryl methyl sites for hydroxylation is 1. The predicted molar refractivity (Wildman–Crippen MR) is 87.4 cm³/mol. The lowest BCUT2D eigenvalue weighted by molar-refractivity contribution is 0.617. The molecule has 0 unspecified atom stereocenters. The van der Waals surface area contributed by atoms with Gasteiger partial charge in [-0.1, -0.05) is 46.0 Å². The van der Waals surface area contributed by atoms with Gasteiger partial charge in [-0.05, 0) is 19.8 Å². The standard InChI is InChI=1S/C16H30N4/c1-4-6-7-8-9-10-12-17-15-13-14(3)19-16(20-15)18-11-5-2/h13H,4-12H2,1-3H3,(H2,17,18,19,20). The molecule has 0 aliphatic heterocycles. The largest absolute Gasteiger partial charge is 0.370 e. The minimum Gasteiger partial charge on any atom is -0.370 e. The van der Waals surface area contributed by atoms with Crippen LogP contribution in [0.5, 0.6) is 0 Å². The number of nitrogens with zero attached hydrogens (tertiary/aromatic N) is 2. The van der Waals surface area contributed by atoms with Crippen molar-refractivity contribution < 1.29 is 0 Å². The second kappa shape index (κ2) is 10.5. The number of hydrogen-bond donors (Lipinski definition) is 2. The average Bonchev–Trinajstić information content (AvgIpc) is 2.43. The Bertz CT molecular complexity index is 365. The fraction of sp³-hybridized carbons (Fsp3) is 0.750. The Balaban J connectivity index is 2.26. The van der Waals surface area contributed by atoms with E-state index in [0.29, 0.717) is 0 Å². The normalized spacial score (nSPS) is 10.6. The van der Waals surface area contributed by atoms with Crippen molar-refractivity contribution in [2.24, 2.45) is 0 Å². The van der Waals surface area contributed by atoms with Crippen molar-refractivity contribution in [2.75, 3.05) is 23.7 Å². The summed E-state index contributed by atoms with van der Waals surface area (Å²) in [5.41, 5.74) is 1.00. The quantitative estimate of drug-likeness (QED) is 0.590. The van der Waals surface area contributed by atoms with E-state index in [0.717, 1.165) is 37.0 Å². The maximum Gasteiger partial charge on any atom is 0.224 e.